The van der Waals surface area contributed by atoms with Crippen LogP contribution in [0.3, 0.4) is 0 Å². The van der Waals surface area contributed by atoms with Crippen molar-refractivity contribution in [2.24, 2.45) is 0 Å². The summed E-state index contributed by atoms with van der Waals surface area (Å²) in [7, 11) is 0. The molecule has 2 aliphatic heterocycles. The molecule has 1 aromatic heterocycles. The van der Waals surface area contributed by atoms with Crippen molar-refractivity contribution in [1.82, 2.24) is 14.5 Å². The molecule has 0 spiro atoms. The number of likely N-dealkylation sites (tertiary alicyclic amines) is 1. The van der Waals surface area contributed by atoms with Crippen molar-refractivity contribution >= 4 is 17.7 Å². The number of hydrogen-bond donors (Lipinski definition) is 0. The molecule has 0 radical (unpaired) electrons. The summed E-state index contributed by atoms with van der Waals surface area (Å²) in [5.74, 6) is 2.18. The first-order valence-corrected chi connectivity index (χ1v) is 10.6. The first-order chi connectivity index (χ1) is 13.3. The maximum Gasteiger partial charge on any atom is 0.233 e. The van der Waals surface area contributed by atoms with Gasteiger partial charge in [-0.3, -0.25) is 4.79 Å². The van der Waals surface area contributed by atoms with Crippen molar-refractivity contribution in [1.29, 1.82) is 0 Å². The molecular formula is C20H25N3O3S. The van der Waals surface area contributed by atoms with E-state index in [2.05, 4.69) is 22.5 Å². The van der Waals surface area contributed by atoms with Crippen LogP contribution in [0.5, 0.6) is 11.5 Å². The van der Waals surface area contributed by atoms with Crippen molar-refractivity contribution in [2.45, 2.75) is 43.9 Å². The quantitative estimate of drug-likeness (QED) is 0.735. The van der Waals surface area contributed by atoms with Gasteiger partial charge in [0.25, 0.3) is 0 Å². The number of fused-ring (bicyclic) bond motifs is 1. The average molecular weight is 388 g/mol. The summed E-state index contributed by atoms with van der Waals surface area (Å²) in [4.78, 5) is 19.2. The fourth-order valence-corrected chi connectivity index (χ4v) is 4.59. The first-order valence-electron chi connectivity index (χ1n) is 9.59. The van der Waals surface area contributed by atoms with Crippen molar-refractivity contribution in [3.8, 4) is 11.5 Å². The fourth-order valence-electron chi connectivity index (χ4n) is 3.68. The third-order valence-corrected chi connectivity index (χ3v) is 6.06. The fraction of sp³-hybridized carbons (Fsp3) is 0.500. The lowest BCUT2D eigenvalue weighted by atomic mass is 10.0. The van der Waals surface area contributed by atoms with Crippen LogP contribution in [-0.2, 0) is 11.3 Å². The number of imidazole rings is 1. The minimum absolute atomic E-state index is 0.112. The highest BCUT2D eigenvalue weighted by atomic mass is 32.2. The van der Waals surface area contributed by atoms with Gasteiger partial charge in [-0.25, -0.2) is 4.98 Å². The van der Waals surface area contributed by atoms with Gasteiger partial charge in [-0.1, -0.05) is 17.8 Å². The summed E-state index contributed by atoms with van der Waals surface area (Å²) in [5, 5.41) is 0.900. The summed E-state index contributed by atoms with van der Waals surface area (Å²) in [6.45, 7) is 5.10. The predicted octanol–water partition coefficient (Wildman–Crippen LogP) is 3.52. The Morgan fingerprint density at radius 2 is 2.11 bits per heavy atom. The zero-order valence-corrected chi connectivity index (χ0v) is 16.4. The van der Waals surface area contributed by atoms with Gasteiger partial charge >= 0.3 is 0 Å². The molecule has 4 rings (SSSR count). The highest BCUT2D eigenvalue weighted by Gasteiger charge is 2.30. The minimum atomic E-state index is 0.112. The number of aromatic nitrogens is 2. The van der Waals surface area contributed by atoms with Crippen molar-refractivity contribution < 1.29 is 14.3 Å². The molecule has 7 heteroatoms. The molecule has 6 nitrogen and oxygen atoms in total. The Morgan fingerprint density at radius 3 is 2.96 bits per heavy atom. The maximum absolute atomic E-state index is 12.9. The van der Waals surface area contributed by atoms with Gasteiger partial charge in [-0.15, -0.1) is 0 Å². The average Bonchev–Trinajstić information content (AvgIpc) is 3.30. The third kappa shape index (κ3) is 3.93. The van der Waals surface area contributed by atoms with E-state index in [4.69, 9.17) is 9.47 Å². The van der Waals surface area contributed by atoms with Crippen LogP contribution >= 0.6 is 11.8 Å². The summed E-state index contributed by atoms with van der Waals surface area (Å²) in [6.07, 6.45) is 6.64. The molecule has 1 aromatic carbocycles. The Labute approximate surface area is 163 Å². The van der Waals surface area contributed by atoms with Crippen LogP contribution in [-0.4, -0.2) is 45.9 Å². The minimum Gasteiger partial charge on any atom is -0.490 e. The zero-order valence-electron chi connectivity index (χ0n) is 15.6. The molecule has 2 aliphatic rings. The number of nitrogens with zero attached hydrogens (tertiary/aromatic N) is 3. The van der Waals surface area contributed by atoms with Gasteiger partial charge in [0.1, 0.15) is 0 Å². The van der Waals surface area contributed by atoms with E-state index in [9.17, 15) is 4.79 Å². The normalized spacial score (nSPS) is 19.1. The second kappa shape index (κ2) is 8.25. The summed E-state index contributed by atoms with van der Waals surface area (Å²) in [6, 6.07) is 6.21. The zero-order chi connectivity index (χ0) is 18.6. The summed E-state index contributed by atoms with van der Waals surface area (Å²) in [5.41, 5.74) is 1.13. The van der Waals surface area contributed by atoms with Crippen LogP contribution < -0.4 is 9.47 Å². The molecule has 1 unspecified atom stereocenters. The van der Waals surface area contributed by atoms with Crippen LogP contribution in [0.1, 0.15) is 37.8 Å². The van der Waals surface area contributed by atoms with Gasteiger partial charge in [0.2, 0.25) is 5.91 Å². The Balaban J connectivity index is 1.45. The maximum atomic E-state index is 12.9. The SMILES string of the molecule is CCn1ccnc1SCC(=O)N1CCCC1c1ccc2c(c1)OCCCO2. The molecule has 144 valence electrons. The van der Waals surface area contributed by atoms with E-state index in [1.54, 1.807) is 6.20 Å². The van der Waals surface area contributed by atoms with E-state index in [1.807, 2.05) is 23.2 Å². The number of thioether (sulfide) groups is 1. The van der Waals surface area contributed by atoms with Gasteiger partial charge in [-0.05, 0) is 37.5 Å². The molecular weight excluding hydrogens is 362 g/mol. The standard InChI is InChI=1S/C20H25N3O3S/c1-2-22-10-8-21-20(22)27-14-19(24)23-9-3-5-16(23)15-6-7-17-18(13-15)26-12-4-11-25-17/h6-8,10,13,16H,2-5,9,11-12,14H2,1H3. The van der Waals surface area contributed by atoms with Gasteiger partial charge in [0.05, 0.1) is 25.0 Å². The number of carbonyl (C=O) groups is 1. The number of carbonyl (C=O) groups excluding carboxylic acids is 1. The molecule has 1 saturated heterocycles. The smallest absolute Gasteiger partial charge is 0.233 e. The molecule has 2 aromatic rings. The first kappa shape index (κ1) is 18.2. The molecule has 0 saturated carbocycles. The largest absolute Gasteiger partial charge is 0.490 e. The van der Waals surface area contributed by atoms with E-state index in [0.717, 1.165) is 54.6 Å². The van der Waals surface area contributed by atoms with E-state index in [-0.39, 0.29) is 11.9 Å². The summed E-state index contributed by atoms with van der Waals surface area (Å²) >= 11 is 1.51. The molecule has 27 heavy (non-hydrogen) atoms. The van der Waals surface area contributed by atoms with Gasteiger partial charge in [0.15, 0.2) is 16.7 Å². The van der Waals surface area contributed by atoms with Crippen molar-refractivity contribution in [3.63, 3.8) is 0 Å². The van der Waals surface area contributed by atoms with Crippen LogP contribution in [0.15, 0.2) is 35.7 Å². The highest BCUT2D eigenvalue weighted by Crippen LogP contribution is 2.38. The molecule has 1 atom stereocenters. The number of hydrogen-bond acceptors (Lipinski definition) is 5. The van der Waals surface area contributed by atoms with Crippen LogP contribution in [0.25, 0.3) is 0 Å². The Hall–Kier alpha value is -2.15. The second-order valence-corrected chi connectivity index (χ2v) is 7.73. The van der Waals surface area contributed by atoms with Gasteiger partial charge in [0, 0.05) is 31.9 Å². The molecule has 0 N–H and O–H groups in total. The topological polar surface area (TPSA) is 56.6 Å². The van der Waals surface area contributed by atoms with E-state index < -0.39 is 0 Å². The lowest BCUT2D eigenvalue weighted by Crippen LogP contribution is -2.32. The van der Waals surface area contributed by atoms with Crippen LogP contribution in [0.4, 0.5) is 0 Å². The van der Waals surface area contributed by atoms with Crippen molar-refractivity contribution in [3.05, 3.63) is 36.2 Å². The van der Waals surface area contributed by atoms with E-state index >= 15 is 0 Å². The van der Waals surface area contributed by atoms with Gasteiger partial charge in [-0.2, -0.15) is 0 Å². The number of ether oxygens (including phenoxy) is 2. The summed E-state index contributed by atoms with van der Waals surface area (Å²) < 4.78 is 13.6. The van der Waals surface area contributed by atoms with Crippen LogP contribution in [0.2, 0.25) is 0 Å². The molecule has 3 heterocycles. The second-order valence-electron chi connectivity index (χ2n) is 6.79. The monoisotopic (exact) mass is 387 g/mol. The van der Waals surface area contributed by atoms with Crippen molar-refractivity contribution in [2.75, 3.05) is 25.5 Å². The van der Waals surface area contributed by atoms with E-state index in [0.29, 0.717) is 19.0 Å². The Morgan fingerprint density at radius 1 is 1.26 bits per heavy atom. The van der Waals surface area contributed by atoms with E-state index in [1.165, 1.54) is 11.8 Å². The molecule has 0 aliphatic carbocycles. The predicted molar refractivity (Wildman–Crippen MR) is 104 cm³/mol. The van der Waals surface area contributed by atoms with Gasteiger partial charge < -0.3 is 18.9 Å². The Kier molecular flexibility index (Phi) is 5.57. The third-order valence-electron chi connectivity index (χ3n) is 5.07. The number of rotatable bonds is 5. The Bertz CT molecular complexity index is 808. The van der Waals surface area contributed by atoms with Crippen LogP contribution in [0, 0.1) is 0 Å². The number of benzene rings is 1. The number of amides is 1. The molecule has 1 fully saturated rings. The highest BCUT2D eigenvalue weighted by molar-refractivity contribution is 7.99. The number of aryl methyl sites for hydroxylation is 1. The molecule has 1 amide bonds. The lowest BCUT2D eigenvalue weighted by molar-refractivity contribution is -0.129. The molecule has 0 bridgehead atoms. The lowest BCUT2D eigenvalue weighted by Gasteiger charge is -2.25.